The summed E-state index contributed by atoms with van der Waals surface area (Å²) in [5.41, 5.74) is 0.866. The monoisotopic (exact) mass is 266 g/mol. The minimum atomic E-state index is -0.113. The van der Waals surface area contributed by atoms with E-state index in [1.54, 1.807) is 17.8 Å². The van der Waals surface area contributed by atoms with Crippen LogP contribution in [0.5, 0.6) is 0 Å². The molecule has 0 saturated carbocycles. The molecule has 0 spiro atoms. The van der Waals surface area contributed by atoms with E-state index < -0.39 is 0 Å². The number of rotatable bonds is 5. The molecule has 0 unspecified atom stereocenters. The summed E-state index contributed by atoms with van der Waals surface area (Å²) in [6.45, 7) is 6.41. The molecule has 0 aliphatic rings. The molecule has 1 atom stereocenters. The largest absolute Gasteiger partial charge is 0.291 e. The molecule has 6 heteroatoms. The summed E-state index contributed by atoms with van der Waals surface area (Å²) in [7, 11) is 0. The van der Waals surface area contributed by atoms with Crippen molar-refractivity contribution in [1.29, 1.82) is 0 Å². The second-order valence-corrected chi connectivity index (χ2v) is 5.76. The average molecular weight is 266 g/mol. The lowest BCUT2D eigenvalue weighted by atomic mass is 10.2. The fourth-order valence-corrected chi connectivity index (χ4v) is 2.68. The Bertz CT molecular complexity index is 589. The van der Waals surface area contributed by atoms with Crippen LogP contribution in [0.4, 0.5) is 0 Å². The number of nitrogens with zero attached hydrogens (tertiary/aromatic N) is 3. The van der Waals surface area contributed by atoms with Crippen LogP contribution >= 0.6 is 11.8 Å². The summed E-state index contributed by atoms with van der Waals surface area (Å²) in [5, 5.41) is 9.56. The van der Waals surface area contributed by atoms with E-state index in [9.17, 15) is 4.79 Å². The van der Waals surface area contributed by atoms with E-state index in [0.29, 0.717) is 11.0 Å². The lowest BCUT2D eigenvalue weighted by molar-refractivity contribution is 0.794. The molecule has 0 aromatic carbocycles. The molecule has 0 amide bonds. The Kier molecular flexibility index (Phi) is 4.06. The number of aromatic nitrogens is 4. The van der Waals surface area contributed by atoms with Crippen LogP contribution in [0.25, 0.3) is 5.78 Å². The number of hydrogen-bond donors (Lipinski definition) is 1. The molecule has 2 aromatic heterocycles. The van der Waals surface area contributed by atoms with E-state index in [2.05, 4.69) is 36.0 Å². The van der Waals surface area contributed by atoms with E-state index in [0.717, 1.165) is 30.1 Å². The molecule has 0 fully saturated rings. The van der Waals surface area contributed by atoms with E-state index >= 15 is 0 Å². The number of nitrogens with one attached hydrogen (secondary N) is 1. The van der Waals surface area contributed by atoms with Gasteiger partial charge >= 0.3 is 0 Å². The molecule has 2 rings (SSSR count). The lowest BCUT2D eigenvalue weighted by Crippen LogP contribution is -2.12. The zero-order chi connectivity index (χ0) is 13.1. The van der Waals surface area contributed by atoms with Crippen molar-refractivity contribution in [3.8, 4) is 0 Å². The third-order valence-electron chi connectivity index (χ3n) is 2.84. The van der Waals surface area contributed by atoms with Crippen molar-refractivity contribution in [2.24, 2.45) is 0 Å². The zero-order valence-electron chi connectivity index (χ0n) is 10.9. The third-order valence-corrected chi connectivity index (χ3v) is 4.05. The van der Waals surface area contributed by atoms with Crippen LogP contribution in [0.15, 0.2) is 16.0 Å². The molecule has 18 heavy (non-hydrogen) atoms. The average Bonchev–Trinajstić information content (AvgIpc) is 2.72. The third kappa shape index (κ3) is 2.58. The Morgan fingerprint density at radius 2 is 2.22 bits per heavy atom. The van der Waals surface area contributed by atoms with Gasteiger partial charge in [0.1, 0.15) is 0 Å². The first kappa shape index (κ1) is 13.1. The molecular weight excluding hydrogens is 248 g/mol. The van der Waals surface area contributed by atoms with E-state index in [1.165, 1.54) is 0 Å². The van der Waals surface area contributed by atoms with E-state index in [-0.39, 0.29) is 5.56 Å². The first-order valence-electron chi connectivity index (χ1n) is 6.29. The van der Waals surface area contributed by atoms with Gasteiger partial charge < -0.3 is 0 Å². The number of hydrogen-bond acceptors (Lipinski definition) is 4. The highest BCUT2D eigenvalue weighted by Crippen LogP contribution is 2.24. The number of thioether (sulfide) groups is 1. The highest BCUT2D eigenvalue weighted by molar-refractivity contribution is 7.99. The van der Waals surface area contributed by atoms with Gasteiger partial charge in [0.2, 0.25) is 5.78 Å². The normalized spacial score (nSPS) is 13.1. The Hall–Kier alpha value is -1.30. The lowest BCUT2D eigenvalue weighted by Gasteiger charge is -2.08. The topological polar surface area (TPSA) is 63.0 Å². The summed E-state index contributed by atoms with van der Waals surface area (Å²) in [4.78, 5) is 14.2. The Labute approximate surface area is 110 Å². The molecule has 0 aliphatic carbocycles. The number of fused-ring (bicyclic) bond motifs is 1. The van der Waals surface area contributed by atoms with Gasteiger partial charge in [0.25, 0.3) is 5.56 Å². The molecule has 98 valence electrons. The van der Waals surface area contributed by atoms with Crippen molar-refractivity contribution in [3.63, 3.8) is 0 Å². The molecule has 0 radical (unpaired) electrons. The van der Waals surface area contributed by atoms with Gasteiger partial charge in [0.15, 0.2) is 5.16 Å². The molecular formula is C12H18N4OS. The van der Waals surface area contributed by atoms with Crippen molar-refractivity contribution in [1.82, 2.24) is 19.6 Å². The molecule has 2 aromatic rings. The summed E-state index contributed by atoms with van der Waals surface area (Å²) in [6, 6.07) is 1.64. The van der Waals surface area contributed by atoms with Crippen LogP contribution in [-0.4, -0.2) is 24.8 Å². The van der Waals surface area contributed by atoms with Gasteiger partial charge in [-0.05, 0) is 12.8 Å². The second kappa shape index (κ2) is 5.56. The van der Waals surface area contributed by atoms with Gasteiger partial charge in [-0.15, -0.1) is 10.2 Å². The van der Waals surface area contributed by atoms with Crippen molar-refractivity contribution in [2.75, 3.05) is 0 Å². The van der Waals surface area contributed by atoms with Crippen LogP contribution in [0.3, 0.4) is 0 Å². The quantitative estimate of drug-likeness (QED) is 0.843. The Morgan fingerprint density at radius 1 is 1.44 bits per heavy atom. The molecule has 0 bridgehead atoms. The molecule has 5 nitrogen and oxygen atoms in total. The minimum Gasteiger partial charge on any atom is -0.291 e. The van der Waals surface area contributed by atoms with Crippen molar-refractivity contribution < 1.29 is 0 Å². The predicted molar refractivity (Wildman–Crippen MR) is 73.2 cm³/mol. The standard InChI is InChI=1S/C12H18N4OS/c1-4-6-9-7-10(17)13-11-14-15-12(16(9)11)18-8(3)5-2/h7-8H,4-6H2,1-3H3,(H,13,14,17)/t8-/m1/s1. The maximum absolute atomic E-state index is 11.5. The highest BCUT2D eigenvalue weighted by Gasteiger charge is 2.13. The first-order valence-corrected chi connectivity index (χ1v) is 7.17. The molecule has 2 heterocycles. The predicted octanol–water partition coefficient (Wildman–Crippen LogP) is 2.26. The maximum atomic E-state index is 11.5. The van der Waals surface area contributed by atoms with Gasteiger partial charge in [-0.1, -0.05) is 39.0 Å². The van der Waals surface area contributed by atoms with Crippen molar-refractivity contribution in [2.45, 2.75) is 50.4 Å². The Balaban J connectivity index is 2.51. The van der Waals surface area contributed by atoms with Gasteiger partial charge in [0, 0.05) is 17.0 Å². The van der Waals surface area contributed by atoms with E-state index in [4.69, 9.17) is 0 Å². The first-order chi connectivity index (χ1) is 8.65. The zero-order valence-corrected chi connectivity index (χ0v) is 11.8. The second-order valence-electron chi connectivity index (χ2n) is 4.35. The maximum Gasteiger partial charge on any atom is 0.252 e. The van der Waals surface area contributed by atoms with Crippen molar-refractivity contribution in [3.05, 3.63) is 22.1 Å². The summed E-state index contributed by atoms with van der Waals surface area (Å²) in [5.74, 6) is 0.539. The number of aromatic amines is 1. The summed E-state index contributed by atoms with van der Waals surface area (Å²) in [6.07, 6.45) is 2.92. The van der Waals surface area contributed by atoms with E-state index in [1.807, 2.05) is 4.40 Å². The van der Waals surface area contributed by atoms with Gasteiger partial charge in [-0.25, -0.2) is 0 Å². The van der Waals surface area contributed by atoms with Gasteiger partial charge in [0.05, 0.1) is 0 Å². The van der Waals surface area contributed by atoms with Gasteiger partial charge in [-0.3, -0.25) is 14.2 Å². The highest BCUT2D eigenvalue weighted by atomic mass is 32.2. The summed E-state index contributed by atoms with van der Waals surface area (Å²) >= 11 is 1.69. The molecule has 0 saturated heterocycles. The number of H-pyrrole nitrogens is 1. The smallest absolute Gasteiger partial charge is 0.252 e. The Morgan fingerprint density at radius 3 is 2.89 bits per heavy atom. The van der Waals surface area contributed by atoms with Crippen molar-refractivity contribution >= 4 is 17.5 Å². The molecule has 0 aliphatic heterocycles. The van der Waals surface area contributed by atoms with Crippen LogP contribution in [0.2, 0.25) is 0 Å². The fourth-order valence-electron chi connectivity index (χ4n) is 1.75. The fraction of sp³-hybridized carbons (Fsp3) is 0.583. The van der Waals surface area contributed by atoms with Gasteiger partial charge in [-0.2, -0.15) is 0 Å². The van der Waals surface area contributed by atoms with Crippen LogP contribution < -0.4 is 5.56 Å². The minimum absolute atomic E-state index is 0.113. The number of aryl methyl sites for hydroxylation is 1. The van der Waals surface area contributed by atoms with Crippen LogP contribution in [-0.2, 0) is 6.42 Å². The van der Waals surface area contributed by atoms with Crippen LogP contribution in [0.1, 0.15) is 39.3 Å². The summed E-state index contributed by atoms with van der Waals surface area (Å²) < 4.78 is 1.96. The van der Waals surface area contributed by atoms with Crippen LogP contribution in [0, 0.1) is 0 Å². The SMILES string of the molecule is CCCc1cc(=O)[nH]c2nnc(S[C@H](C)CC)n12. The molecule has 1 N–H and O–H groups in total.